The van der Waals surface area contributed by atoms with Crippen molar-refractivity contribution in [1.82, 2.24) is 0 Å². The van der Waals surface area contributed by atoms with E-state index >= 15 is 0 Å². The van der Waals surface area contributed by atoms with E-state index in [1.54, 1.807) is 6.92 Å². The average Bonchev–Trinajstić information content (AvgIpc) is 2.58. The molecule has 0 bridgehead atoms. The molecule has 4 atom stereocenters. The third-order valence-electron chi connectivity index (χ3n) is 3.53. The first-order chi connectivity index (χ1) is 13.4. The molecule has 22 heavy (non-hydrogen) atoms. The lowest BCUT2D eigenvalue weighted by molar-refractivity contribution is -0.159. The van der Waals surface area contributed by atoms with Crippen LogP contribution in [-0.2, 0) is 14.3 Å². The Kier molecular flexibility index (Phi) is 4.42. The molecular weight excluding hydrogens is 284 g/mol. The third kappa shape index (κ3) is 6.77. The quantitative estimate of drug-likeness (QED) is 0.503. The number of aliphatic carboxylic acids is 1. The van der Waals surface area contributed by atoms with Gasteiger partial charge in [-0.3, -0.25) is 9.59 Å². The maximum absolute atomic E-state index is 12.6. The van der Waals surface area contributed by atoms with E-state index in [0.717, 1.165) is 6.42 Å². The van der Waals surface area contributed by atoms with E-state index in [-0.39, 0.29) is 12.5 Å². The van der Waals surface area contributed by atoms with Gasteiger partial charge in [-0.25, -0.2) is 0 Å². The minimum Gasteiger partial charge on any atom is -0.481 e. The Labute approximate surface area is 144 Å². The van der Waals surface area contributed by atoms with Gasteiger partial charge < -0.3 is 14.9 Å². The Morgan fingerprint density at radius 2 is 1.82 bits per heavy atom. The molecule has 1 aliphatic carbocycles. The van der Waals surface area contributed by atoms with E-state index in [1.807, 2.05) is 6.92 Å². The first kappa shape index (κ1) is 9.91. The summed E-state index contributed by atoms with van der Waals surface area (Å²) in [4.78, 5) is 24.3. The van der Waals surface area contributed by atoms with E-state index in [1.165, 1.54) is 0 Å². The van der Waals surface area contributed by atoms with Crippen molar-refractivity contribution in [2.45, 2.75) is 71.1 Å². The van der Waals surface area contributed by atoms with Gasteiger partial charge in [-0.15, -0.1) is 0 Å². The van der Waals surface area contributed by atoms with Gasteiger partial charge in [0.05, 0.1) is 24.5 Å². The van der Waals surface area contributed by atoms with Crippen molar-refractivity contribution >= 4 is 11.9 Å². The van der Waals surface area contributed by atoms with Gasteiger partial charge in [-0.2, -0.15) is 0 Å². The molecule has 128 valence electrons. The molecule has 0 heterocycles. The molecule has 1 saturated carbocycles. The van der Waals surface area contributed by atoms with E-state index in [9.17, 15) is 19.8 Å². The molecule has 5 nitrogen and oxygen atoms in total. The number of aliphatic hydroxyl groups excluding tert-OH is 1. The number of esters is 1. The number of rotatable bonds is 9. The smallest absolute Gasteiger partial charge is 0.309 e. The summed E-state index contributed by atoms with van der Waals surface area (Å²) in [6, 6.07) is 0. The zero-order valence-electron chi connectivity index (χ0n) is 21.0. The largest absolute Gasteiger partial charge is 0.481 e. The van der Waals surface area contributed by atoms with Crippen LogP contribution in [0.4, 0.5) is 0 Å². The topological polar surface area (TPSA) is 83.8 Å². The van der Waals surface area contributed by atoms with Gasteiger partial charge in [-0.1, -0.05) is 19.7 Å². The molecule has 0 spiro atoms. The lowest BCUT2D eigenvalue weighted by Crippen LogP contribution is -2.34. The van der Waals surface area contributed by atoms with E-state index in [0.29, 0.717) is 19.3 Å². The Morgan fingerprint density at radius 3 is 2.41 bits per heavy atom. The van der Waals surface area contributed by atoms with Crippen molar-refractivity contribution in [2.24, 2.45) is 17.8 Å². The Hall–Kier alpha value is -1.10. The van der Waals surface area contributed by atoms with Crippen LogP contribution in [0.3, 0.4) is 0 Å². The van der Waals surface area contributed by atoms with Gasteiger partial charge in [-0.05, 0) is 51.3 Å². The molecule has 1 aliphatic rings. The monoisotopic (exact) mass is 322 g/mol. The van der Waals surface area contributed by atoms with Gasteiger partial charge in [0.15, 0.2) is 0 Å². The van der Waals surface area contributed by atoms with Crippen molar-refractivity contribution in [2.75, 3.05) is 6.61 Å². The number of carbonyl (C=O) groups is 2. The summed E-state index contributed by atoms with van der Waals surface area (Å²) >= 11 is 0. The Bertz CT molecular complexity index is 638. The van der Waals surface area contributed by atoms with Gasteiger partial charge >= 0.3 is 11.9 Å². The summed E-state index contributed by atoms with van der Waals surface area (Å²) in [5.74, 6) is -7.98. The summed E-state index contributed by atoms with van der Waals surface area (Å²) in [7, 11) is 0. The Balaban J connectivity index is 2.98. The maximum atomic E-state index is 12.6. The van der Waals surface area contributed by atoms with Crippen LogP contribution < -0.4 is 0 Å². The number of carboxylic acids is 1. The highest BCUT2D eigenvalue weighted by molar-refractivity contribution is 5.81. The van der Waals surface area contributed by atoms with E-state index in [4.69, 9.17) is 15.7 Å². The lowest BCUT2D eigenvalue weighted by Gasteiger charge is -2.26. The molecule has 0 radical (unpaired) electrons. The molecule has 0 aliphatic heterocycles. The van der Waals surface area contributed by atoms with Crippen LogP contribution in [0.5, 0.6) is 0 Å². The van der Waals surface area contributed by atoms with Gasteiger partial charge in [0, 0.05) is 11.0 Å². The molecule has 0 saturated heterocycles. The van der Waals surface area contributed by atoms with Crippen LogP contribution in [-0.4, -0.2) is 34.9 Å². The predicted molar refractivity (Wildman–Crippen MR) is 83.4 cm³/mol. The first-order valence-electron chi connectivity index (χ1n) is 11.5. The minimum atomic E-state index is -3.51. The molecule has 1 rings (SSSR count). The number of hydrogen-bond acceptors (Lipinski definition) is 4. The van der Waals surface area contributed by atoms with Crippen LogP contribution in [0.25, 0.3) is 0 Å². The fourth-order valence-electron chi connectivity index (χ4n) is 2.16. The summed E-state index contributed by atoms with van der Waals surface area (Å²) < 4.78 is 68.0. The van der Waals surface area contributed by atoms with E-state index in [2.05, 4.69) is 0 Å². The highest BCUT2D eigenvalue weighted by atomic mass is 16.5. The molecule has 1 fully saturated rings. The number of carboxylic acid groups (broad SMARTS) is 1. The van der Waals surface area contributed by atoms with Crippen LogP contribution in [0.1, 0.15) is 76.0 Å². The zero-order valence-corrected chi connectivity index (χ0v) is 13.0. The van der Waals surface area contributed by atoms with Crippen molar-refractivity contribution in [1.29, 1.82) is 0 Å². The first-order valence-corrected chi connectivity index (χ1v) is 7.50. The van der Waals surface area contributed by atoms with Gasteiger partial charge in [0.1, 0.15) is 0 Å². The van der Waals surface area contributed by atoms with E-state index < -0.39 is 55.4 Å². The molecule has 0 aromatic heterocycles. The SMILES string of the molecule is [2H]C1([2H])C(C(=O)O)C(C(=O)OCCCC(C)CCC(C)O)C([2H])([2H])C([2H])([2H])C1([2H])[2H]. The van der Waals surface area contributed by atoms with Crippen molar-refractivity contribution in [3.8, 4) is 0 Å². The van der Waals surface area contributed by atoms with Crippen molar-refractivity contribution in [3.05, 3.63) is 0 Å². The van der Waals surface area contributed by atoms with Crippen LogP contribution in [0, 0.1) is 17.8 Å². The molecule has 0 amide bonds. The predicted octanol–water partition coefficient (Wildman–Crippen LogP) is 3.00. The van der Waals surface area contributed by atoms with Crippen LogP contribution in [0.2, 0.25) is 0 Å². The summed E-state index contributed by atoms with van der Waals surface area (Å²) in [6.45, 7) is 3.41. The molecule has 2 N–H and O–H groups in total. The molecule has 0 aromatic rings. The second kappa shape index (κ2) is 9.82. The van der Waals surface area contributed by atoms with Gasteiger partial charge in [0.25, 0.3) is 0 Å². The fourth-order valence-corrected chi connectivity index (χ4v) is 2.16. The molecule has 0 aromatic carbocycles. The second-order valence-corrected chi connectivity index (χ2v) is 5.67. The van der Waals surface area contributed by atoms with Crippen molar-refractivity contribution in [3.63, 3.8) is 0 Å². The van der Waals surface area contributed by atoms with Crippen LogP contribution >= 0.6 is 0 Å². The maximum Gasteiger partial charge on any atom is 0.309 e. The molecular formula is C17H30O5. The number of ether oxygens (including phenoxy) is 1. The lowest BCUT2D eigenvalue weighted by atomic mass is 9.79. The average molecular weight is 322 g/mol. The summed E-state index contributed by atoms with van der Waals surface area (Å²) in [5.41, 5.74) is 0. The zero-order chi connectivity index (χ0) is 23.7. The molecule has 4 unspecified atom stereocenters. The number of carbonyl (C=O) groups excluding carboxylic acids is 1. The van der Waals surface area contributed by atoms with Crippen LogP contribution in [0.15, 0.2) is 0 Å². The number of aliphatic hydroxyl groups is 1. The highest BCUT2D eigenvalue weighted by Crippen LogP contribution is 2.31. The van der Waals surface area contributed by atoms with Crippen molar-refractivity contribution < 1.29 is 35.5 Å². The summed E-state index contributed by atoms with van der Waals surface area (Å²) in [5, 5.41) is 18.7. The second-order valence-electron chi connectivity index (χ2n) is 5.67. The summed E-state index contributed by atoms with van der Waals surface area (Å²) in [6.07, 6.45) is -11.8. The fraction of sp³-hybridized carbons (Fsp3) is 0.882. The molecule has 5 heteroatoms. The Morgan fingerprint density at radius 1 is 1.18 bits per heavy atom. The minimum absolute atomic E-state index is 0.199. The third-order valence-corrected chi connectivity index (χ3v) is 3.53. The normalized spacial score (nSPS) is 39.0. The highest BCUT2D eigenvalue weighted by Gasteiger charge is 2.36. The van der Waals surface area contributed by atoms with Gasteiger partial charge in [0.2, 0.25) is 0 Å². The standard InChI is InChI=1S/C17H30O5/c1-12(9-10-13(2)18)6-5-11-22-17(21)15-8-4-3-7-14(15)16(19)20/h12-15,18H,3-11H2,1-2H3,(H,19,20)/i3D2,4D2,7D2,8D2. The number of hydrogen-bond donors (Lipinski definition) is 2.